The summed E-state index contributed by atoms with van der Waals surface area (Å²) in [5.74, 6) is 0.783. The Morgan fingerprint density at radius 2 is 2.18 bits per heavy atom. The molecule has 0 heterocycles. The lowest BCUT2D eigenvalue weighted by Gasteiger charge is -2.05. The van der Waals surface area contributed by atoms with E-state index >= 15 is 0 Å². The Morgan fingerprint density at radius 3 is 2.64 bits per heavy atom. The number of hydrogen-bond acceptors (Lipinski definition) is 1. The molecule has 3 unspecified atom stereocenters. The zero-order valence-corrected chi connectivity index (χ0v) is 7.09. The van der Waals surface area contributed by atoms with E-state index in [0.29, 0.717) is 5.92 Å². The summed E-state index contributed by atoms with van der Waals surface area (Å²) in [5, 5.41) is 8.56. The van der Waals surface area contributed by atoms with Crippen LogP contribution in [0.1, 0.15) is 32.6 Å². The van der Waals surface area contributed by atoms with Gasteiger partial charge in [-0.25, -0.2) is 4.39 Å². The molecule has 0 spiro atoms. The molecular weight excluding hydrogens is 143 g/mol. The fourth-order valence-electron chi connectivity index (χ4n) is 1.94. The first-order valence-electron chi connectivity index (χ1n) is 4.49. The Labute approximate surface area is 67.6 Å². The largest absolute Gasteiger partial charge is 0.396 e. The number of aliphatic hydroxyl groups is 1. The van der Waals surface area contributed by atoms with Crippen LogP contribution in [0.15, 0.2) is 0 Å². The normalized spacial score (nSPS) is 37.9. The Bertz CT molecular complexity index is 106. The summed E-state index contributed by atoms with van der Waals surface area (Å²) < 4.78 is 12.9. The van der Waals surface area contributed by atoms with E-state index < -0.39 is 6.17 Å². The molecule has 0 amide bonds. The van der Waals surface area contributed by atoms with Gasteiger partial charge in [0.25, 0.3) is 0 Å². The van der Waals surface area contributed by atoms with Crippen LogP contribution < -0.4 is 0 Å². The summed E-state index contributed by atoms with van der Waals surface area (Å²) in [6, 6.07) is 0. The molecule has 0 radical (unpaired) electrons. The van der Waals surface area contributed by atoms with E-state index in [4.69, 9.17) is 5.11 Å². The minimum absolute atomic E-state index is 0.249. The lowest BCUT2D eigenvalue weighted by Crippen LogP contribution is -2.01. The molecule has 1 rings (SSSR count). The van der Waals surface area contributed by atoms with Gasteiger partial charge in [0.2, 0.25) is 0 Å². The van der Waals surface area contributed by atoms with Crippen LogP contribution in [0.4, 0.5) is 4.39 Å². The van der Waals surface area contributed by atoms with Crippen LogP contribution in [0.2, 0.25) is 0 Å². The van der Waals surface area contributed by atoms with Crippen molar-refractivity contribution in [1.29, 1.82) is 0 Å². The summed E-state index contributed by atoms with van der Waals surface area (Å²) in [6.07, 6.45) is 2.99. The number of aliphatic hydroxyl groups excluding tert-OH is 1. The van der Waals surface area contributed by atoms with Gasteiger partial charge < -0.3 is 5.11 Å². The molecule has 1 aliphatic rings. The highest BCUT2D eigenvalue weighted by Crippen LogP contribution is 2.35. The van der Waals surface area contributed by atoms with Crippen LogP contribution in [-0.2, 0) is 0 Å². The molecule has 3 atom stereocenters. The predicted octanol–water partition coefficient (Wildman–Crippen LogP) is 2.14. The number of alkyl halides is 1. The first kappa shape index (κ1) is 8.98. The quantitative estimate of drug-likeness (QED) is 0.670. The summed E-state index contributed by atoms with van der Waals surface area (Å²) in [6.45, 7) is 2.23. The number of halogens is 1. The average molecular weight is 160 g/mol. The van der Waals surface area contributed by atoms with E-state index in [1.807, 2.05) is 6.92 Å². The molecule has 0 aromatic carbocycles. The van der Waals surface area contributed by atoms with Gasteiger partial charge in [-0.2, -0.15) is 0 Å². The van der Waals surface area contributed by atoms with Crippen molar-refractivity contribution < 1.29 is 9.50 Å². The van der Waals surface area contributed by atoms with E-state index in [1.165, 1.54) is 0 Å². The first-order valence-corrected chi connectivity index (χ1v) is 4.49. The van der Waals surface area contributed by atoms with E-state index in [2.05, 4.69) is 0 Å². The van der Waals surface area contributed by atoms with Crippen molar-refractivity contribution in [2.24, 2.45) is 11.8 Å². The molecule has 1 fully saturated rings. The van der Waals surface area contributed by atoms with Crippen molar-refractivity contribution in [3.05, 3.63) is 0 Å². The van der Waals surface area contributed by atoms with Gasteiger partial charge in [0.05, 0.1) is 0 Å². The van der Waals surface area contributed by atoms with Crippen molar-refractivity contribution >= 4 is 0 Å². The van der Waals surface area contributed by atoms with Gasteiger partial charge >= 0.3 is 0 Å². The molecular formula is C9H17FO. The molecule has 0 aromatic heterocycles. The Kier molecular flexibility index (Phi) is 3.31. The van der Waals surface area contributed by atoms with Gasteiger partial charge in [-0.1, -0.05) is 6.92 Å². The van der Waals surface area contributed by atoms with Crippen molar-refractivity contribution in [3.63, 3.8) is 0 Å². The topological polar surface area (TPSA) is 20.2 Å². The molecule has 1 aliphatic carbocycles. The fraction of sp³-hybridized carbons (Fsp3) is 1.00. The zero-order chi connectivity index (χ0) is 8.27. The Hall–Kier alpha value is -0.110. The van der Waals surface area contributed by atoms with Crippen molar-refractivity contribution in [3.8, 4) is 0 Å². The fourth-order valence-corrected chi connectivity index (χ4v) is 1.94. The molecule has 2 heteroatoms. The molecule has 1 saturated carbocycles. The highest BCUT2D eigenvalue weighted by atomic mass is 19.1. The van der Waals surface area contributed by atoms with Crippen LogP contribution in [-0.4, -0.2) is 17.9 Å². The second-order valence-electron chi connectivity index (χ2n) is 3.70. The van der Waals surface area contributed by atoms with E-state index in [9.17, 15) is 4.39 Å². The summed E-state index contributed by atoms with van der Waals surface area (Å²) >= 11 is 0. The lowest BCUT2D eigenvalue weighted by molar-refractivity contribution is 0.263. The molecule has 0 bridgehead atoms. The van der Waals surface area contributed by atoms with Crippen LogP contribution in [0.5, 0.6) is 0 Å². The summed E-state index contributed by atoms with van der Waals surface area (Å²) in [5.41, 5.74) is 0. The smallest absolute Gasteiger partial charge is 0.103 e. The third kappa shape index (κ3) is 2.44. The molecule has 66 valence electrons. The standard InChI is InChI=1S/C9H17FO/c1-7-5-8(3-2-4-11)6-9(7)10/h7-9,11H,2-6H2,1H3. The van der Waals surface area contributed by atoms with Gasteiger partial charge in [-0.3, -0.25) is 0 Å². The van der Waals surface area contributed by atoms with Crippen LogP contribution in [0, 0.1) is 11.8 Å². The lowest BCUT2D eigenvalue weighted by atomic mass is 10.0. The summed E-state index contributed by atoms with van der Waals surface area (Å²) in [7, 11) is 0. The van der Waals surface area contributed by atoms with Gasteiger partial charge in [0.15, 0.2) is 0 Å². The maximum absolute atomic E-state index is 12.9. The molecule has 11 heavy (non-hydrogen) atoms. The maximum Gasteiger partial charge on any atom is 0.103 e. The molecule has 1 nitrogen and oxygen atoms in total. The molecule has 0 saturated heterocycles. The van der Waals surface area contributed by atoms with E-state index in [-0.39, 0.29) is 12.5 Å². The van der Waals surface area contributed by atoms with Crippen LogP contribution in [0.3, 0.4) is 0 Å². The van der Waals surface area contributed by atoms with Crippen LogP contribution in [0.25, 0.3) is 0 Å². The molecule has 0 aromatic rings. The minimum atomic E-state index is -0.585. The van der Waals surface area contributed by atoms with Gasteiger partial charge in [0.1, 0.15) is 6.17 Å². The maximum atomic E-state index is 12.9. The predicted molar refractivity (Wildman–Crippen MR) is 43.1 cm³/mol. The monoisotopic (exact) mass is 160 g/mol. The minimum Gasteiger partial charge on any atom is -0.396 e. The molecule has 0 aliphatic heterocycles. The van der Waals surface area contributed by atoms with Crippen LogP contribution >= 0.6 is 0 Å². The van der Waals surface area contributed by atoms with E-state index in [1.54, 1.807) is 0 Å². The van der Waals surface area contributed by atoms with Crippen molar-refractivity contribution in [2.75, 3.05) is 6.61 Å². The zero-order valence-electron chi connectivity index (χ0n) is 7.09. The van der Waals surface area contributed by atoms with Gasteiger partial charge in [-0.15, -0.1) is 0 Å². The average Bonchev–Trinajstić information content (AvgIpc) is 2.28. The second-order valence-corrected chi connectivity index (χ2v) is 3.70. The van der Waals surface area contributed by atoms with Gasteiger partial charge in [0, 0.05) is 6.61 Å². The SMILES string of the molecule is CC1CC(CCCO)CC1F. The van der Waals surface area contributed by atoms with Crippen molar-refractivity contribution in [1.82, 2.24) is 0 Å². The second kappa shape index (κ2) is 4.05. The summed E-state index contributed by atoms with van der Waals surface area (Å²) in [4.78, 5) is 0. The van der Waals surface area contributed by atoms with Gasteiger partial charge in [-0.05, 0) is 37.5 Å². The number of rotatable bonds is 3. The first-order chi connectivity index (χ1) is 5.24. The number of hydrogen-bond donors (Lipinski definition) is 1. The third-order valence-corrected chi connectivity index (χ3v) is 2.65. The highest BCUT2D eigenvalue weighted by Gasteiger charge is 2.30. The Balaban J connectivity index is 2.18. The third-order valence-electron chi connectivity index (χ3n) is 2.65. The van der Waals surface area contributed by atoms with Crippen molar-refractivity contribution in [2.45, 2.75) is 38.8 Å². The molecule has 1 N–H and O–H groups in total. The highest BCUT2D eigenvalue weighted by molar-refractivity contribution is 4.80. The van der Waals surface area contributed by atoms with E-state index in [0.717, 1.165) is 25.7 Å². The Morgan fingerprint density at radius 1 is 1.45 bits per heavy atom.